The number of aromatic hydroxyl groups is 1. The number of methoxy groups -OCH3 is 1. The molecule has 13 atom stereocenters. The van der Waals surface area contributed by atoms with Crippen molar-refractivity contribution in [1.82, 2.24) is 0 Å². The Morgan fingerprint density at radius 3 is 2.24 bits per heavy atom. The monoisotopic (exact) mass is 726 g/mol. The van der Waals surface area contributed by atoms with E-state index in [0.717, 1.165) is 25.5 Å². The molecule has 280 valence electrons. The van der Waals surface area contributed by atoms with Crippen molar-refractivity contribution in [2.24, 2.45) is 11.8 Å². The van der Waals surface area contributed by atoms with Gasteiger partial charge in [-0.15, -0.1) is 6.58 Å². The molecule has 1 aromatic heterocycles. The smallest absolute Gasteiger partial charge is 0.337 e. The summed E-state index contributed by atoms with van der Waals surface area (Å²) in [5.41, 5.74) is -0.793. The van der Waals surface area contributed by atoms with Crippen LogP contribution < -0.4 is 10.4 Å². The van der Waals surface area contributed by atoms with Crippen LogP contribution in [-0.4, -0.2) is 141 Å². The van der Waals surface area contributed by atoms with Gasteiger partial charge in [-0.1, -0.05) is 6.08 Å². The first kappa shape index (κ1) is 38.1. The zero-order valence-corrected chi connectivity index (χ0v) is 26.9. The molecule has 3 aliphatic heterocycles. The predicted octanol–water partition coefficient (Wildman–Crippen LogP) is -2.73. The minimum Gasteiger partial charge on any atom is -0.504 e. The van der Waals surface area contributed by atoms with Crippen molar-refractivity contribution in [3.63, 3.8) is 0 Å². The van der Waals surface area contributed by atoms with E-state index in [-0.39, 0.29) is 16.9 Å². The third kappa shape index (κ3) is 8.02. The summed E-state index contributed by atoms with van der Waals surface area (Å²) in [4.78, 5) is 37.4. The van der Waals surface area contributed by atoms with E-state index in [1.54, 1.807) is 0 Å². The highest BCUT2D eigenvalue weighted by Crippen LogP contribution is 2.38. The number of fused-ring (bicyclic) bond motifs is 1. The third-order valence-corrected chi connectivity index (χ3v) is 8.73. The summed E-state index contributed by atoms with van der Waals surface area (Å²) in [6.45, 7) is 2.29. The lowest BCUT2D eigenvalue weighted by Crippen LogP contribution is -2.60. The second-order valence-electron chi connectivity index (χ2n) is 12.0. The fraction of sp³-hybridized carbons (Fsp3) is 0.531. The maximum Gasteiger partial charge on any atom is 0.337 e. The fourth-order valence-corrected chi connectivity index (χ4v) is 5.86. The lowest BCUT2D eigenvalue weighted by molar-refractivity contribution is -0.339. The van der Waals surface area contributed by atoms with Crippen LogP contribution in [0.15, 0.2) is 58.0 Å². The summed E-state index contributed by atoms with van der Waals surface area (Å²) in [6.07, 6.45) is -16.6. The van der Waals surface area contributed by atoms with Gasteiger partial charge >= 0.3 is 17.6 Å². The van der Waals surface area contributed by atoms with Crippen LogP contribution >= 0.6 is 0 Å². The number of hydrogen-bond acceptors (Lipinski definition) is 19. The number of carbonyl (C=O) groups is 2. The number of aliphatic hydroxyl groups excluding tert-OH is 7. The largest absolute Gasteiger partial charge is 0.504 e. The second-order valence-corrected chi connectivity index (χ2v) is 12.0. The number of phenols is 1. The normalized spacial score (nSPS) is 35.3. The first-order valence-corrected chi connectivity index (χ1v) is 15.6. The van der Waals surface area contributed by atoms with Crippen molar-refractivity contribution in [3.05, 3.63) is 59.2 Å². The molecular formula is C32H38O19. The molecule has 0 amide bonds. The zero-order chi connectivity index (χ0) is 37.1. The Bertz CT molecular complexity index is 1650. The van der Waals surface area contributed by atoms with Crippen molar-refractivity contribution in [3.8, 4) is 11.5 Å². The molecule has 8 N–H and O–H groups in total. The quantitative estimate of drug-likeness (QED) is 0.0662. The van der Waals surface area contributed by atoms with Gasteiger partial charge in [-0.05, 0) is 12.1 Å². The van der Waals surface area contributed by atoms with Crippen LogP contribution in [0.1, 0.15) is 6.42 Å². The van der Waals surface area contributed by atoms with E-state index in [1.807, 2.05) is 0 Å². The fourth-order valence-electron chi connectivity index (χ4n) is 5.86. The van der Waals surface area contributed by atoms with Crippen LogP contribution in [0.3, 0.4) is 0 Å². The molecule has 3 aliphatic rings. The lowest BCUT2D eigenvalue weighted by Gasteiger charge is -2.43. The lowest BCUT2D eigenvalue weighted by atomic mass is 9.81. The number of esters is 2. The Labute approximate surface area is 288 Å². The summed E-state index contributed by atoms with van der Waals surface area (Å²) >= 11 is 0. The van der Waals surface area contributed by atoms with Crippen molar-refractivity contribution >= 4 is 22.9 Å². The van der Waals surface area contributed by atoms with Gasteiger partial charge in [0.25, 0.3) is 0 Å². The Balaban J connectivity index is 1.27. The summed E-state index contributed by atoms with van der Waals surface area (Å²) < 4.78 is 43.0. The van der Waals surface area contributed by atoms with Gasteiger partial charge in [0.1, 0.15) is 61.0 Å². The second kappa shape index (κ2) is 16.0. The van der Waals surface area contributed by atoms with Crippen LogP contribution in [0, 0.1) is 11.8 Å². The molecule has 13 unspecified atom stereocenters. The number of rotatable bonds is 11. The van der Waals surface area contributed by atoms with E-state index in [4.69, 9.17) is 37.6 Å². The van der Waals surface area contributed by atoms with Crippen molar-refractivity contribution < 1.29 is 88.0 Å². The topological polar surface area (TPSA) is 291 Å². The average molecular weight is 727 g/mol. The molecule has 2 aromatic rings. The number of ether oxygens (including phenoxy) is 7. The molecule has 19 nitrogen and oxygen atoms in total. The summed E-state index contributed by atoms with van der Waals surface area (Å²) in [7, 11) is 1.09. The van der Waals surface area contributed by atoms with Gasteiger partial charge in [0.2, 0.25) is 12.6 Å². The first-order valence-electron chi connectivity index (χ1n) is 15.6. The molecule has 51 heavy (non-hydrogen) atoms. The molecule has 0 spiro atoms. The summed E-state index contributed by atoms with van der Waals surface area (Å²) in [5, 5.41) is 82.6. The molecular weight excluding hydrogens is 688 g/mol. The van der Waals surface area contributed by atoms with Crippen LogP contribution in [0.2, 0.25) is 0 Å². The van der Waals surface area contributed by atoms with Gasteiger partial charge in [0.05, 0.1) is 32.0 Å². The molecule has 2 saturated heterocycles. The molecule has 5 rings (SSSR count). The van der Waals surface area contributed by atoms with Gasteiger partial charge < -0.3 is 78.4 Å². The molecule has 0 aliphatic carbocycles. The van der Waals surface area contributed by atoms with Gasteiger partial charge in [-0.25, -0.2) is 9.59 Å². The molecule has 2 fully saturated rings. The number of benzene rings is 1. The van der Waals surface area contributed by atoms with Gasteiger partial charge in [0, 0.05) is 29.4 Å². The van der Waals surface area contributed by atoms with Gasteiger partial charge in [-0.2, -0.15) is 0 Å². The van der Waals surface area contributed by atoms with E-state index >= 15 is 0 Å². The van der Waals surface area contributed by atoms with Crippen LogP contribution in [0.4, 0.5) is 0 Å². The Kier molecular flexibility index (Phi) is 12.0. The molecule has 4 heterocycles. The highest BCUT2D eigenvalue weighted by molar-refractivity contribution is 5.90. The van der Waals surface area contributed by atoms with Crippen LogP contribution in [0.5, 0.6) is 11.5 Å². The number of phenolic OH excluding ortho intramolecular Hbond substituents is 1. The third-order valence-electron chi connectivity index (χ3n) is 8.73. The van der Waals surface area contributed by atoms with Crippen LogP contribution in [-0.2, 0) is 38.0 Å². The Hall–Kier alpha value is -4.15. The molecule has 19 heteroatoms. The summed E-state index contributed by atoms with van der Waals surface area (Å²) in [5.74, 6) is -4.72. The van der Waals surface area contributed by atoms with Crippen molar-refractivity contribution in [2.45, 2.75) is 74.1 Å². The summed E-state index contributed by atoms with van der Waals surface area (Å²) in [6, 6.07) is 4.91. The average Bonchev–Trinajstić information content (AvgIpc) is 3.11. The molecule has 0 radical (unpaired) electrons. The predicted molar refractivity (Wildman–Crippen MR) is 164 cm³/mol. The van der Waals surface area contributed by atoms with E-state index < -0.39 is 122 Å². The van der Waals surface area contributed by atoms with E-state index in [0.29, 0.717) is 5.39 Å². The van der Waals surface area contributed by atoms with E-state index in [9.17, 15) is 55.2 Å². The zero-order valence-electron chi connectivity index (χ0n) is 26.9. The Morgan fingerprint density at radius 1 is 0.902 bits per heavy atom. The maximum atomic E-state index is 13.2. The minimum absolute atomic E-state index is 0.0267. The molecule has 0 bridgehead atoms. The van der Waals surface area contributed by atoms with Crippen molar-refractivity contribution in [1.29, 1.82) is 0 Å². The van der Waals surface area contributed by atoms with Crippen LogP contribution in [0.25, 0.3) is 11.0 Å². The Morgan fingerprint density at radius 2 is 1.57 bits per heavy atom. The highest BCUT2D eigenvalue weighted by atomic mass is 16.8. The number of aliphatic hydroxyl groups is 7. The SMILES string of the molecule is C=CC1C(OC2OC(CO)C(O)C(O)C2O)OC=C(C(=O)OC)C1CC(=O)OCC1OC(Oc2cc3oc(=O)ccc3cc2O)C(O)C(O)C1O. The van der Waals surface area contributed by atoms with Gasteiger partial charge in [-0.3, -0.25) is 4.79 Å². The number of carbonyl (C=O) groups excluding carboxylic acids is 2. The van der Waals surface area contributed by atoms with E-state index in [2.05, 4.69) is 6.58 Å². The minimum atomic E-state index is -1.87. The van der Waals surface area contributed by atoms with E-state index in [1.165, 1.54) is 18.2 Å². The highest BCUT2D eigenvalue weighted by Gasteiger charge is 2.49. The van der Waals surface area contributed by atoms with Gasteiger partial charge in [0.15, 0.2) is 17.8 Å². The molecule has 0 saturated carbocycles. The first-order chi connectivity index (χ1) is 24.3. The van der Waals surface area contributed by atoms with Crippen molar-refractivity contribution in [2.75, 3.05) is 20.3 Å². The standard InChI is InChI=1S/C32H38O19/c1-3-13-14(15(29(43)44-2)10-46-30(13)51-32-28(42)25(39)23(37)19(9-33)49-32)7-22(36)45-11-20-24(38)26(40)27(41)31(50-20)48-18-8-17-12(6-16(18)34)4-5-21(35)47-17/h3-6,8,10,13-14,19-20,23-28,30-34,37-42H,1,7,9,11H2,2H3. The number of hydrogen-bond donors (Lipinski definition) is 8. The molecule has 1 aromatic carbocycles. The maximum absolute atomic E-state index is 13.2.